The number of sulfonamides is 1. The smallest absolute Gasteiger partial charge is 0.253 e. The Balaban J connectivity index is 2.16. The molecule has 0 fully saturated rings. The molecule has 0 spiro atoms. The molecule has 0 saturated heterocycles. The van der Waals surface area contributed by atoms with Crippen LogP contribution < -0.4 is 4.72 Å². The van der Waals surface area contributed by atoms with Crippen LogP contribution in [0.5, 0.6) is 0 Å². The fourth-order valence-electron chi connectivity index (χ4n) is 2.27. The van der Waals surface area contributed by atoms with Crippen LogP contribution in [-0.4, -0.2) is 32.8 Å². The summed E-state index contributed by atoms with van der Waals surface area (Å²) >= 11 is 12.1. The van der Waals surface area contributed by atoms with Crippen LogP contribution in [-0.2, 0) is 16.6 Å². The molecule has 0 aliphatic heterocycles. The van der Waals surface area contributed by atoms with Gasteiger partial charge in [0.15, 0.2) is 0 Å². The van der Waals surface area contributed by atoms with Gasteiger partial charge in [-0.05, 0) is 35.9 Å². The molecule has 134 valence electrons. The Morgan fingerprint density at radius 2 is 1.76 bits per heavy atom. The Labute approximate surface area is 157 Å². The van der Waals surface area contributed by atoms with E-state index in [1.165, 1.54) is 29.2 Å². The molecule has 0 aliphatic carbocycles. The number of hydrogen-bond acceptors (Lipinski definition) is 3. The minimum Gasteiger partial charge on any atom is -0.337 e. The monoisotopic (exact) mass is 400 g/mol. The average molecular weight is 401 g/mol. The topological polar surface area (TPSA) is 66.5 Å². The number of amides is 1. The molecule has 1 N–H and O–H groups in total. The first-order valence-corrected chi connectivity index (χ1v) is 9.78. The van der Waals surface area contributed by atoms with Crippen LogP contribution in [0.25, 0.3) is 0 Å². The number of rotatable bonds is 6. The molecule has 2 aromatic rings. The van der Waals surface area contributed by atoms with Gasteiger partial charge in [-0.15, -0.1) is 0 Å². The largest absolute Gasteiger partial charge is 0.337 e. The second-order valence-electron chi connectivity index (χ2n) is 5.40. The predicted molar refractivity (Wildman–Crippen MR) is 99.6 cm³/mol. The lowest BCUT2D eigenvalue weighted by molar-refractivity contribution is 0.0785. The molecule has 8 heteroatoms. The first kappa shape index (κ1) is 19.7. The summed E-state index contributed by atoms with van der Waals surface area (Å²) < 4.78 is 26.3. The fraction of sp³-hybridized carbons (Fsp3) is 0.235. The first-order chi connectivity index (χ1) is 11.8. The van der Waals surface area contributed by atoms with E-state index in [4.69, 9.17) is 23.2 Å². The highest BCUT2D eigenvalue weighted by Gasteiger charge is 2.17. The summed E-state index contributed by atoms with van der Waals surface area (Å²) in [5, 5.41) is 0.842. The summed E-state index contributed by atoms with van der Waals surface area (Å²) in [5.74, 6) is -0.247. The molecule has 2 aromatic carbocycles. The molecule has 25 heavy (non-hydrogen) atoms. The van der Waals surface area contributed by atoms with E-state index in [1.54, 1.807) is 32.2 Å². The van der Waals surface area contributed by atoms with Gasteiger partial charge < -0.3 is 4.90 Å². The van der Waals surface area contributed by atoms with Crippen LogP contribution in [0.3, 0.4) is 0 Å². The Kier molecular flexibility index (Phi) is 6.46. The van der Waals surface area contributed by atoms with Crippen molar-refractivity contribution in [2.24, 2.45) is 0 Å². The Morgan fingerprint density at radius 1 is 1.12 bits per heavy atom. The Morgan fingerprint density at radius 3 is 2.36 bits per heavy atom. The van der Waals surface area contributed by atoms with Gasteiger partial charge in [-0.1, -0.05) is 42.3 Å². The van der Waals surface area contributed by atoms with Crippen LogP contribution in [0.1, 0.15) is 22.8 Å². The van der Waals surface area contributed by atoms with Crippen molar-refractivity contribution in [2.75, 3.05) is 13.6 Å². The number of carbonyl (C=O) groups excluding carboxylic acids is 1. The summed E-state index contributed by atoms with van der Waals surface area (Å²) in [5.41, 5.74) is 1.12. The van der Waals surface area contributed by atoms with E-state index in [1.807, 2.05) is 0 Å². The van der Waals surface area contributed by atoms with Crippen molar-refractivity contribution in [1.29, 1.82) is 0 Å². The summed E-state index contributed by atoms with van der Waals surface area (Å²) in [6.07, 6.45) is 0. The maximum Gasteiger partial charge on any atom is 0.253 e. The minimum absolute atomic E-state index is 0.117. The van der Waals surface area contributed by atoms with Gasteiger partial charge in [0.1, 0.15) is 0 Å². The number of halogens is 2. The van der Waals surface area contributed by atoms with E-state index in [0.717, 1.165) is 5.56 Å². The van der Waals surface area contributed by atoms with Gasteiger partial charge in [0.05, 0.1) is 14.9 Å². The molecule has 0 aromatic heterocycles. The highest BCUT2D eigenvalue weighted by Crippen LogP contribution is 2.26. The molecule has 0 heterocycles. The molecule has 1 amide bonds. The number of nitrogens with zero attached hydrogens (tertiary/aromatic N) is 1. The van der Waals surface area contributed by atoms with Gasteiger partial charge >= 0.3 is 0 Å². The van der Waals surface area contributed by atoms with Crippen LogP contribution in [0.2, 0.25) is 10.0 Å². The zero-order chi connectivity index (χ0) is 18.6. The third-order valence-corrected chi connectivity index (χ3v) is 5.95. The summed E-state index contributed by atoms with van der Waals surface area (Å²) in [6.45, 7) is 2.28. The number of nitrogens with one attached hydrogen (secondary N) is 1. The molecule has 2 rings (SSSR count). The lowest BCUT2D eigenvalue weighted by Crippen LogP contribution is -2.26. The minimum atomic E-state index is -3.54. The van der Waals surface area contributed by atoms with Crippen molar-refractivity contribution in [3.8, 4) is 0 Å². The van der Waals surface area contributed by atoms with Crippen LogP contribution >= 0.6 is 23.2 Å². The fourth-order valence-corrected chi connectivity index (χ4v) is 3.69. The van der Waals surface area contributed by atoms with Gasteiger partial charge in [-0.3, -0.25) is 4.79 Å². The second-order valence-corrected chi connectivity index (χ2v) is 7.95. The predicted octanol–water partition coefficient (Wildman–Crippen LogP) is 3.56. The number of benzene rings is 2. The Hall–Kier alpha value is -1.60. The van der Waals surface area contributed by atoms with E-state index in [2.05, 4.69) is 4.72 Å². The average Bonchev–Trinajstić information content (AvgIpc) is 2.58. The molecule has 0 unspecified atom stereocenters. The van der Waals surface area contributed by atoms with Gasteiger partial charge in [0, 0.05) is 25.7 Å². The highest BCUT2D eigenvalue weighted by atomic mass is 35.5. The molecule has 0 aliphatic rings. The van der Waals surface area contributed by atoms with Gasteiger partial charge in [-0.2, -0.15) is 0 Å². The third kappa shape index (κ3) is 4.73. The summed E-state index contributed by atoms with van der Waals surface area (Å²) in [4.78, 5) is 14.1. The van der Waals surface area contributed by atoms with Crippen molar-refractivity contribution in [2.45, 2.75) is 18.4 Å². The quantitative estimate of drug-likeness (QED) is 0.805. The zero-order valence-corrected chi connectivity index (χ0v) is 16.1. The molecule has 0 saturated carbocycles. The van der Waals surface area contributed by atoms with Gasteiger partial charge in [0.2, 0.25) is 10.0 Å². The second kappa shape index (κ2) is 8.19. The standard InChI is InChI=1S/C17H18Cl2N2O3S/c1-3-20-25(23,24)14-9-7-12(8-10-14)17(22)21(2)11-13-5-4-6-15(18)16(13)19/h4-10,20H,3,11H2,1-2H3. The zero-order valence-electron chi connectivity index (χ0n) is 13.8. The van der Waals surface area contributed by atoms with Crippen LogP contribution in [0.4, 0.5) is 0 Å². The van der Waals surface area contributed by atoms with Crippen molar-refractivity contribution in [3.63, 3.8) is 0 Å². The maximum atomic E-state index is 12.5. The van der Waals surface area contributed by atoms with Crippen molar-refractivity contribution in [1.82, 2.24) is 9.62 Å². The molecule has 0 radical (unpaired) electrons. The lowest BCUT2D eigenvalue weighted by Gasteiger charge is -2.18. The third-order valence-electron chi connectivity index (χ3n) is 3.53. The lowest BCUT2D eigenvalue weighted by atomic mass is 10.1. The molecule has 5 nitrogen and oxygen atoms in total. The van der Waals surface area contributed by atoms with E-state index in [0.29, 0.717) is 22.2 Å². The van der Waals surface area contributed by atoms with Gasteiger partial charge in [0.25, 0.3) is 5.91 Å². The maximum absolute atomic E-state index is 12.5. The summed E-state index contributed by atoms with van der Waals surface area (Å²) in [6, 6.07) is 11.0. The normalized spacial score (nSPS) is 11.4. The molecule has 0 bridgehead atoms. The number of carbonyl (C=O) groups is 1. The van der Waals surface area contributed by atoms with E-state index >= 15 is 0 Å². The van der Waals surface area contributed by atoms with E-state index in [-0.39, 0.29) is 17.3 Å². The summed E-state index contributed by atoms with van der Waals surface area (Å²) in [7, 11) is -1.90. The van der Waals surface area contributed by atoms with Gasteiger partial charge in [-0.25, -0.2) is 13.1 Å². The number of hydrogen-bond donors (Lipinski definition) is 1. The molecular formula is C17H18Cl2N2O3S. The highest BCUT2D eigenvalue weighted by molar-refractivity contribution is 7.89. The SMILES string of the molecule is CCNS(=O)(=O)c1ccc(C(=O)N(C)Cc2cccc(Cl)c2Cl)cc1. The molecule has 0 atom stereocenters. The van der Waals surface area contributed by atoms with E-state index < -0.39 is 10.0 Å². The van der Waals surface area contributed by atoms with Crippen LogP contribution in [0.15, 0.2) is 47.4 Å². The first-order valence-electron chi connectivity index (χ1n) is 7.54. The molecular weight excluding hydrogens is 383 g/mol. The van der Waals surface area contributed by atoms with Crippen LogP contribution in [0, 0.1) is 0 Å². The van der Waals surface area contributed by atoms with Crippen molar-refractivity contribution < 1.29 is 13.2 Å². The van der Waals surface area contributed by atoms with Crippen molar-refractivity contribution >= 4 is 39.1 Å². The Bertz CT molecular complexity index is 868. The van der Waals surface area contributed by atoms with E-state index in [9.17, 15) is 13.2 Å². The van der Waals surface area contributed by atoms with Crippen molar-refractivity contribution in [3.05, 3.63) is 63.6 Å².